The van der Waals surface area contributed by atoms with E-state index >= 15 is 0 Å². The predicted molar refractivity (Wildman–Crippen MR) is 47.2 cm³/mol. The topological polar surface area (TPSA) is 77.2 Å². The van der Waals surface area contributed by atoms with Crippen LogP contribution >= 0.6 is 0 Å². The summed E-state index contributed by atoms with van der Waals surface area (Å²) in [6.45, 7) is 0.621. The van der Waals surface area contributed by atoms with Gasteiger partial charge in [-0.1, -0.05) is 5.16 Å². The van der Waals surface area contributed by atoms with Gasteiger partial charge in [-0.25, -0.2) is 4.79 Å². The first kappa shape index (κ1) is 10.2. The highest BCUT2D eigenvalue weighted by Crippen LogP contribution is 1.90. The Labute approximate surface area is 80.9 Å². The molecule has 1 heterocycles. The number of nitrogens with zero attached hydrogens (tertiary/aromatic N) is 2. The molecule has 1 aromatic heterocycles. The van der Waals surface area contributed by atoms with Gasteiger partial charge in [0.25, 0.3) is 0 Å². The maximum Gasteiger partial charge on any atom is 0.331 e. The third kappa shape index (κ3) is 3.70. The first-order valence-electron chi connectivity index (χ1n) is 4.06. The maximum absolute atomic E-state index is 10.6. The van der Waals surface area contributed by atoms with E-state index in [9.17, 15) is 4.79 Å². The average molecular weight is 197 g/mol. The molecule has 76 valence electrons. The molecule has 0 saturated heterocycles. The molecule has 0 unspecified atom stereocenters. The highest BCUT2D eigenvalue weighted by Gasteiger charge is 1.96. The molecule has 0 aromatic carbocycles. The molecule has 1 aromatic rings. The summed E-state index contributed by atoms with van der Waals surface area (Å²) in [4.78, 5) is 14.4. The zero-order valence-electron chi connectivity index (χ0n) is 7.77. The Morgan fingerprint density at radius 3 is 3.29 bits per heavy atom. The predicted octanol–water partition coefficient (Wildman–Crippen LogP) is -0.112. The third-order valence-electron chi connectivity index (χ3n) is 1.43. The first-order valence-corrected chi connectivity index (χ1v) is 4.06. The van der Waals surface area contributed by atoms with Crippen LogP contribution < -0.4 is 5.32 Å². The van der Waals surface area contributed by atoms with E-state index in [1.165, 1.54) is 25.7 Å². The van der Waals surface area contributed by atoms with Crippen molar-refractivity contribution in [2.24, 2.45) is 0 Å². The summed E-state index contributed by atoms with van der Waals surface area (Å²) in [5.74, 6) is 0.166. The summed E-state index contributed by atoms with van der Waals surface area (Å²) < 4.78 is 9.16. The van der Waals surface area contributed by atoms with Gasteiger partial charge in [0.15, 0.2) is 6.33 Å². The molecule has 0 atom stereocenters. The largest absolute Gasteiger partial charge is 0.466 e. The number of carbonyl (C=O) groups is 1. The van der Waals surface area contributed by atoms with Gasteiger partial charge in [-0.2, -0.15) is 4.98 Å². The molecule has 0 aliphatic heterocycles. The van der Waals surface area contributed by atoms with E-state index in [2.05, 4.69) is 20.2 Å². The Hall–Kier alpha value is -1.85. The van der Waals surface area contributed by atoms with E-state index in [0.717, 1.165) is 0 Å². The van der Waals surface area contributed by atoms with Crippen LogP contribution in [-0.2, 0) is 16.0 Å². The lowest BCUT2D eigenvalue weighted by molar-refractivity contribution is -0.134. The number of esters is 1. The molecule has 14 heavy (non-hydrogen) atoms. The van der Waals surface area contributed by atoms with Crippen LogP contribution in [0.5, 0.6) is 0 Å². The number of aromatic nitrogens is 2. The summed E-state index contributed by atoms with van der Waals surface area (Å²) >= 11 is 0. The van der Waals surface area contributed by atoms with Crippen LogP contribution in [0.15, 0.2) is 23.1 Å². The van der Waals surface area contributed by atoms with E-state index in [0.29, 0.717) is 18.9 Å². The van der Waals surface area contributed by atoms with Crippen molar-refractivity contribution in [1.29, 1.82) is 0 Å². The zero-order valence-corrected chi connectivity index (χ0v) is 7.77. The second kappa shape index (κ2) is 5.74. The van der Waals surface area contributed by atoms with E-state index < -0.39 is 5.97 Å². The first-order chi connectivity index (χ1) is 6.83. The molecular formula is C8H11N3O3. The fraction of sp³-hybridized carbons (Fsp3) is 0.375. The summed E-state index contributed by atoms with van der Waals surface area (Å²) in [6, 6.07) is 0. The van der Waals surface area contributed by atoms with Gasteiger partial charge < -0.3 is 14.6 Å². The molecule has 1 N–H and O–H groups in total. The van der Waals surface area contributed by atoms with Gasteiger partial charge in [-0.15, -0.1) is 0 Å². The van der Waals surface area contributed by atoms with E-state index in [-0.39, 0.29) is 0 Å². The Bertz CT molecular complexity index is 295. The molecule has 0 bridgehead atoms. The van der Waals surface area contributed by atoms with Crippen LogP contribution in [0.2, 0.25) is 0 Å². The standard InChI is InChI=1S/C8H11N3O3/c1-13-8(12)3-5-9-4-2-7-10-6-11-14-7/h3,5-6,9H,2,4H2,1H3/b5-3+. The number of hydrogen-bond acceptors (Lipinski definition) is 6. The van der Waals surface area contributed by atoms with Gasteiger partial charge in [0.2, 0.25) is 5.89 Å². The van der Waals surface area contributed by atoms with Crippen molar-refractivity contribution >= 4 is 5.97 Å². The van der Waals surface area contributed by atoms with Crippen molar-refractivity contribution in [3.63, 3.8) is 0 Å². The Balaban J connectivity index is 2.10. The van der Waals surface area contributed by atoms with Crippen LogP contribution in [0.1, 0.15) is 5.89 Å². The second-order valence-corrected chi connectivity index (χ2v) is 2.40. The number of ether oxygens (including phenoxy) is 1. The number of hydrogen-bond donors (Lipinski definition) is 1. The second-order valence-electron chi connectivity index (χ2n) is 2.40. The van der Waals surface area contributed by atoms with Crippen molar-refractivity contribution < 1.29 is 14.1 Å². The Morgan fingerprint density at radius 2 is 2.64 bits per heavy atom. The molecule has 1 rings (SSSR count). The molecule has 0 aliphatic carbocycles. The van der Waals surface area contributed by atoms with E-state index in [1.54, 1.807) is 0 Å². The summed E-state index contributed by atoms with van der Waals surface area (Å²) in [7, 11) is 1.32. The van der Waals surface area contributed by atoms with Crippen molar-refractivity contribution in [2.75, 3.05) is 13.7 Å². The Kier molecular flexibility index (Phi) is 4.19. The van der Waals surface area contributed by atoms with Crippen molar-refractivity contribution in [2.45, 2.75) is 6.42 Å². The molecule has 0 fully saturated rings. The summed E-state index contributed by atoms with van der Waals surface area (Å²) in [6.07, 6.45) is 4.78. The SMILES string of the molecule is COC(=O)/C=C/NCCc1ncno1. The smallest absolute Gasteiger partial charge is 0.331 e. The van der Waals surface area contributed by atoms with Crippen LogP contribution in [0.25, 0.3) is 0 Å². The highest BCUT2D eigenvalue weighted by molar-refractivity contribution is 5.81. The lowest BCUT2D eigenvalue weighted by Gasteiger charge is -1.95. The zero-order chi connectivity index (χ0) is 10.2. The molecule has 6 nitrogen and oxygen atoms in total. The minimum atomic E-state index is -0.393. The monoisotopic (exact) mass is 197 g/mol. The van der Waals surface area contributed by atoms with Gasteiger partial charge in [0, 0.05) is 25.2 Å². The number of rotatable bonds is 5. The quantitative estimate of drug-likeness (QED) is 0.403. The molecule has 0 aliphatic rings. The molecule has 0 spiro atoms. The Morgan fingerprint density at radius 1 is 1.79 bits per heavy atom. The highest BCUT2D eigenvalue weighted by atomic mass is 16.5. The normalized spacial score (nSPS) is 10.4. The van der Waals surface area contributed by atoms with Gasteiger partial charge in [-0.3, -0.25) is 0 Å². The van der Waals surface area contributed by atoms with E-state index in [1.807, 2.05) is 0 Å². The summed E-state index contributed by atoms with van der Waals surface area (Å²) in [5, 5.41) is 6.34. The lowest BCUT2D eigenvalue weighted by atomic mass is 10.4. The molecular weight excluding hydrogens is 186 g/mol. The molecule has 0 saturated carbocycles. The van der Waals surface area contributed by atoms with Crippen LogP contribution in [0.3, 0.4) is 0 Å². The molecule has 6 heteroatoms. The van der Waals surface area contributed by atoms with Crippen molar-refractivity contribution in [3.05, 3.63) is 24.5 Å². The fourth-order valence-electron chi connectivity index (χ4n) is 0.764. The number of methoxy groups -OCH3 is 1. The van der Waals surface area contributed by atoms with Crippen molar-refractivity contribution in [3.8, 4) is 0 Å². The fourth-order valence-corrected chi connectivity index (χ4v) is 0.764. The van der Waals surface area contributed by atoms with Crippen LogP contribution in [-0.4, -0.2) is 29.8 Å². The van der Waals surface area contributed by atoms with Crippen LogP contribution in [0, 0.1) is 0 Å². The van der Waals surface area contributed by atoms with Crippen LogP contribution in [0.4, 0.5) is 0 Å². The van der Waals surface area contributed by atoms with Gasteiger partial charge in [0.05, 0.1) is 7.11 Å². The maximum atomic E-state index is 10.6. The average Bonchev–Trinajstić information content (AvgIpc) is 2.69. The van der Waals surface area contributed by atoms with Gasteiger partial charge in [0.1, 0.15) is 0 Å². The molecule has 0 amide bonds. The minimum absolute atomic E-state index is 0.393. The van der Waals surface area contributed by atoms with Gasteiger partial charge in [-0.05, 0) is 0 Å². The third-order valence-corrected chi connectivity index (χ3v) is 1.43. The minimum Gasteiger partial charge on any atom is -0.466 e. The molecule has 0 radical (unpaired) electrons. The van der Waals surface area contributed by atoms with E-state index in [4.69, 9.17) is 4.52 Å². The number of nitrogens with one attached hydrogen (secondary N) is 1. The lowest BCUT2D eigenvalue weighted by Crippen LogP contribution is -2.10. The summed E-state index contributed by atoms with van der Waals surface area (Å²) in [5.41, 5.74) is 0. The van der Waals surface area contributed by atoms with Gasteiger partial charge >= 0.3 is 5.97 Å². The number of carbonyl (C=O) groups excluding carboxylic acids is 1. The van der Waals surface area contributed by atoms with Crippen molar-refractivity contribution in [1.82, 2.24) is 15.5 Å².